The second-order valence-corrected chi connectivity index (χ2v) is 6.63. The Morgan fingerprint density at radius 3 is 1.75 bits per heavy atom. The van der Waals surface area contributed by atoms with Crippen LogP contribution in [0.4, 0.5) is 0 Å². The molecule has 3 aromatic rings. The lowest BCUT2D eigenvalue weighted by Gasteiger charge is -2.15. The fraction of sp³-hybridized carbons (Fsp3) is 0.217. The zero-order valence-corrected chi connectivity index (χ0v) is 15.2. The van der Waals surface area contributed by atoms with Crippen LogP contribution in [0.15, 0.2) is 71.6 Å². The normalized spacial score (nSPS) is 10.8. The molecule has 3 rings (SSSR count). The van der Waals surface area contributed by atoms with Crippen molar-refractivity contribution in [2.24, 2.45) is 0 Å². The molecule has 0 aliphatic heterocycles. The zero-order chi connectivity index (χ0) is 16.9. The summed E-state index contributed by atoms with van der Waals surface area (Å²) in [6, 6.07) is 23.9. The summed E-state index contributed by atoms with van der Waals surface area (Å²) in [4.78, 5) is 0.888. The van der Waals surface area contributed by atoms with Crippen LogP contribution in [0.2, 0.25) is 0 Å². The highest BCUT2D eigenvalue weighted by Crippen LogP contribution is 2.33. The molecule has 0 aliphatic rings. The van der Waals surface area contributed by atoms with Crippen molar-refractivity contribution >= 4 is 12.6 Å². The number of hydrogen-bond acceptors (Lipinski definition) is 0. The molecule has 121 valence electrons. The monoisotopic (exact) mass is 331 g/mol. The summed E-state index contributed by atoms with van der Waals surface area (Å²) < 4.78 is 0. The van der Waals surface area contributed by atoms with E-state index in [1.165, 1.54) is 39.8 Å². The van der Waals surface area contributed by atoms with Gasteiger partial charge in [-0.15, -0.1) is 0 Å². The smallest absolute Gasteiger partial charge is 0.0377 e. The van der Waals surface area contributed by atoms with Gasteiger partial charge in [-0.1, -0.05) is 87.5 Å². The van der Waals surface area contributed by atoms with Crippen molar-refractivity contribution in [1.29, 1.82) is 0 Å². The number of aryl methyl sites for hydroxylation is 1. The maximum atomic E-state index is 5.22. The van der Waals surface area contributed by atoms with E-state index in [0.717, 1.165) is 17.7 Å². The summed E-state index contributed by atoms with van der Waals surface area (Å²) >= 11 is 5.22. The van der Waals surface area contributed by atoms with E-state index in [9.17, 15) is 0 Å². The average molecular weight is 332 g/mol. The second-order valence-electron chi connectivity index (χ2n) is 6.16. The maximum Gasteiger partial charge on any atom is 0.0377 e. The third-order valence-corrected chi connectivity index (χ3v) is 4.77. The zero-order valence-electron chi connectivity index (χ0n) is 14.4. The Morgan fingerprint density at radius 2 is 1.25 bits per heavy atom. The number of rotatable bonds is 5. The topological polar surface area (TPSA) is 0 Å². The fourth-order valence-corrected chi connectivity index (χ4v) is 3.42. The van der Waals surface area contributed by atoms with Gasteiger partial charge in [-0.05, 0) is 58.4 Å². The molecule has 3 aromatic carbocycles. The summed E-state index contributed by atoms with van der Waals surface area (Å²) in [6.45, 7) is 4.45. The SMILES string of the molecule is CCCc1ccc(-c2cccc(-c3ccc([S])cc3)c2CC)cc1. The molecular formula is C23H23S. The number of benzene rings is 3. The molecule has 0 saturated heterocycles. The van der Waals surface area contributed by atoms with Crippen LogP contribution < -0.4 is 0 Å². The molecule has 0 fully saturated rings. The lowest BCUT2D eigenvalue weighted by Crippen LogP contribution is -1.93. The summed E-state index contributed by atoms with van der Waals surface area (Å²) in [7, 11) is 0. The predicted molar refractivity (Wildman–Crippen MR) is 107 cm³/mol. The largest absolute Gasteiger partial charge is 0.0801 e. The molecule has 0 aromatic heterocycles. The predicted octanol–water partition coefficient (Wildman–Crippen LogP) is 7.09. The maximum absolute atomic E-state index is 5.22. The van der Waals surface area contributed by atoms with Crippen LogP contribution in [-0.4, -0.2) is 0 Å². The minimum atomic E-state index is 0.888. The van der Waals surface area contributed by atoms with Crippen LogP contribution in [0.1, 0.15) is 31.4 Å². The van der Waals surface area contributed by atoms with E-state index < -0.39 is 0 Å². The van der Waals surface area contributed by atoms with Gasteiger partial charge in [0, 0.05) is 4.90 Å². The molecule has 0 amide bonds. The molecule has 0 bridgehead atoms. The summed E-state index contributed by atoms with van der Waals surface area (Å²) in [5.41, 5.74) is 8.00. The highest BCUT2D eigenvalue weighted by Gasteiger charge is 2.10. The molecule has 0 spiro atoms. The first-order chi connectivity index (χ1) is 11.7. The van der Waals surface area contributed by atoms with Crippen LogP contribution in [0.25, 0.3) is 22.3 Å². The van der Waals surface area contributed by atoms with E-state index >= 15 is 0 Å². The first kappa shape index (κ1) is 16.7. The van der Waals surface area contributed by atoms with Gasteiger partial charge < -0.3 is 0 Å². The van der Waals surface area contributed by atoms with Gasteiger partial charge in [0.15, 0.2) is 0 Å². The molecule has 0 nitrogen and oxygen atoms in total. The van der Waals surface area contributed by atoms with Crippen LogP contribution in [0, 0.1) is 0 Å². The second kappa shape index (κ2) is 7.63. The van der Waals surface area contributed by atoms with E-state index in [-0.39, 0.29) is 0 Å². The lowest BCUT2D eigenvalue weighted by molar-refractivity contribution is 0.922. The lowest BCUT2D eigenvalue weighted by atomic mass is 9.90. The summed E-state index contributed by atoms with van der Waals surface area (Å²) in [5, 5.41) is 0. The minimum Gasteiger partial charge on any atom is -0.0801 e. The summed E-state index contributed by atoms with van der Waals surface area (Å²) in [5.74, 6) is 0. The molecule has 0 atom stereocenters. The molecular weight excluding hydrogens is 308 g/mol. The van der Waals surface area contributed by atoms with E-state index in [2.05, 4.69) is 68.4 Å². The molecule has 0 N–H and O–H groups in total. The Labute approximate surface area is 151 Å². The van der Waals surface area contributed by atoms with Crippen molar-refractivity contribution in [3.63, 3.8) is 0 Å². The van der Waals surface area contributed by atoms with E-state index in [0.29, 0.717) is 0 Å². The van der Waals surface area contributed by atoms with Crippen LogP contribution in [0.3, 0.4) is 0 Å². The number of hydrogen-bond donors (Lipinski definition) is 0. The third kappa shape index (κ3) is 3.52. The van der Waals surface area contributed by atoms with Crippen molar-refractivity contribution in [3.05, 3.63) is 77.9 Å². The van der Waals surface area contributed by atoms with Gasteiger partial charge in [-0.3, -0.25) is 0 Å². The quantitative estimate of drug-likeness (QED) is 0.468. The van der Waals surface area contributed by atoms with Gasteiger partial charge in [-0.25, -0.2) is 0 Å². The van der Waals surface area contributed by atoms with E-state index in [4.69, 9.17) is 12.6 Å². The standard InChI is InChI=1S/C23H23S/c1-3-6-17-9-11-18(12-10-17)22-7-5-8-23(21(22)4-2)19-13-15-20(24)16-14-19/h5,7-16H,3-4,6H2,1-2H3. The summed E-state index contributed by atoms with van der Waals surface area (Å²) in [6.07, 6.45) is 3.35. The van der Waals surface area contributed by atoms with Crippen LogP contribution in [-0.2, 0) is 12.8 Å². The van der Waals surface area contributed by atoms with Gasteiger partial charge >= 0.3 is 0 Å². The molecule has 0 aliphatic carbocycles. The van der Waals surface area contributed by atoms with E-state index in [1.807, 2.05) is 12.1 Å². The van der Waals surface area contributed by atoms with E-state index in [1.54, 1.807) is 0 Å². The van der Waals surface area contributed by atoms with Crippen molar-refractivity contribution < 1.29 is 0 Å². The average Bonchev–Trinajstić information content (AvgIpc) is 2.63. The fourth-order valence-electron chi connectivity index (χ4n) is 3.28. The minimum absolute atomic E-state index is 0.888. The van der Waals surface area contributed by atoms with Gasteiger partial charge in [0.25, 0.3) is 0 Å². The van der Waals surface area contributed by atoms with Gasteiger partial charge in [0.2, 0.25) is 0 Å². The third-order valence-electron chi connectivity index (χ3n) is 4.50. The highest BCUT2D eigenvalue weighted by atomic mass is 32.1. The van der Waals surface area contributed by atoms with Crippen molar-refractivity contribution in [3.8, 4) is 22.3 Å². The molecule has 1 heteroatoms. The van der Waals surface area contributed by atoms with Crippen LogP contribution >= 0.6 is 12.6 Å². The Bertz CT molecular complexity index is 798. The van der Waals surface area contributed by atoms with Crippen LogP contribution in [0.5, 0.6) is 0 Å². The Balaban J connectivity index is 2.05. The van der Waals surface area contributed by atoms with Crippen molar-refractivity contribution in [1.82, 2.24) is 0 Å². The Kier molecular flexibility index (Phi) is 5.32. The first-order valence-corrected chi connectivity index (χ1v) is 9.12. The van der Waals surface area contributed by atoms with Gasteiger partial charge in [-0.2, -0.15) is 0 Å². The molecule has 24 heavy (non-hydrogen) atoms. The molecule has 1 radical (unpaired) electrons. The Morgan fingerprint density at radius 1 is 0.708 bits per heavy atom. The van der Waals surface area contributed by atoms with Gasteiger partial charge in [0.05, 0.1) is 0 Å². The molecule has 0 unspecified atom stereocenters. The molecule has 0 saturated carbocycles. The first-order valence-electron chi connectivity index (χ1n) is 8.71. The molecule has 0 heterocycles. The highest BCUT2D eigenvalue weighted by molar-refractivity contribution is 7.80. The van der Waals surface area contributed by atoms with Crippen molar-refractivity contribution in [2.75, 3.05) is 0 Å². The Hall–Kier alpha value is -2.12. The van der Waals surface area contributed by atoms with Crippen molar-refractivity contribution in [2.45, 2.75) is 38.0 Å². The van der Waals surface area contributed by atoms with Gasteiger partial charge in [0.1, 0.15) is 0 Å².